The highest BCUT2D eigenvalue weighted by molar-refractivity contribution is 7.09. The lowest BCUT2D eigenvalue weighted by Gasteiger charge is -2.05. The Kier molecular flexibility index (Phi) is 3.01. The summed E-state index contributed by atoms with van der Waals surface area (Å²) in [4.78, 5) is 15.1. The number of carboxylic acid groups (broad SMARTS) is 1. The summed E-state index contributed by atoms with van der Waals surface area (Å²) in [5.74, 6) is -0.889. The molecule has 0 aliphatic carbocycles. The first-order valence-electron chi connectivity index (χ1n) is 4.88. The van der Waals surface area contributed by atoms with Gasteiger partial charge in [0.25, 0.3) is 0 Å². The van der Waals surface area contributed by atoms with E-state index in [1.165, 1.54) is 0 Å². The van der Waals surface area contributed by atoms with Gasteiger partial charge >= 0.3 is 5.97 Å². The van der Waals surface area contributed by atoms with E-state index in [1.807, 2.05) is 18.4 Å². The van der Waals surface area contributed by atoms with Crippen LogP contribution in [-0.4, -0.2) is 16.1 Å². The second-order valence-electron chi connectivity index (χ2n) is 3.55. The quantitative estimate of drug-likeness (QED) is 0.886. The van der Waals surface area contributed by atoms with Crippen molar-refractivity contribution in [3.8, 4) is 0 Å². The molecule has 0 aliphatic rings. The molecule has 0 saturated carbocycles. The Labute approximate surface area is 97.4 Å². The first-order chi connectivity index (χ1) is 7.66. The molecule has 4 heteroatoms. The Bertz CT molecular complexity index is 506. The average Bonchev–Trinajstić information content (AvgIpc) is 2.73. The predicted octanol–water partition coefficient (Wildman–Crippen LogP) is 2.74. The van der Waals surface area contributed by atoms with Crippen LogP contribution in [0.1, 0.15) is 26.5 Å². The number of aryl methyl sites for hydroxylation is 1. The van der Waals surface area contributed by atoms with Crippen molar-refractivity contribution in [2.75, 3.05) is 0 Å². The fourth-order valence-corrected chi connectivity index (χ4v) is 2.14. The van der Waals surface area contributed by atoms with Crippen LogP contribution in [0.15, 0.2) is 29.8 Å². The van der Waals surface area contributed by atoms with Crippen LogP contribution >= 0.6 is 11.3 Å². The molecule has 0 aliphatic heterocycles. The highest BCUT2D eigenvalue weighted by atomic mass is 32.1. The van der Waals surface area contributed by atoms with Crippen molar-refractivity contribution in [2.24, 2.45) is 0 Å². The normalized spacial score (nSPS) is 10.3. The molecule has 0 spiro atoms. The molecule has 16 heavy (non-hydrogen) atoms. The third-order valence-corrected chi connectivity index (χ3v) is 3.20. The number of thiazole rings is 1. The van der Waals surface area contributed by atoms with E-state index in [4.69, 9.17) is 5.11 Å². The molecule has 2 rings (SSSR count). The van der Waals surface area contributed by atoms with Gasteiger partial charge in [-0.05, 0) is 30.2 Å². The van der Waals surface area contributed by atoms with Crippen LogP contribution in [0.2, 0.25) is 0 Å². The van der Waals surface area contributed by atoms with Gasteiger partial charge in [0.1, 0.15) is 0 Å². The van der Waals surface area contributed by atoms with E-state index >= 15 is 0 Å². The summed E-state index contributed by atoms with van der Waals surface area (Å²) >= 11 is 1.58. The second kappa shape index (κ2) is 4.45. The van der Waals surface area contributed by atoms with Crippen LogP contribution in [-0.2, 0) is 6.42 Å². The maximum absolute atomic E-state index is 10.9. The van der Waals surface area contributed by atoms with E-state index in [9.17, 15) is 4.79 Å². The minimum absolute atomic E-state index is 0.331. The maximum atomic E-state index is 10.9. The highest BCUT2D eigenvalue weighted by Gasteiger charge is 2.07. The van der Waals surface area contributed by atoms with E-state index in [0.717, 1.165) is 16.1 Å². The third-order valence-electron chi connectivity index (χ3n) is 2.42. The lowest BCUT2D eigenvalue weighted by atomic mass is 10.0. The van der Waals surface area contributed by atoms with Crippen molar-refractivity contribution >= 4 is 17.3 Å². The molecule has 3 nitrogen and oxygen atoms in total. The molecule has 82 valence electrons. The number of nitrogens with zero attached hydrogens (tertiary/aromatic N) is 1. The lowest BCUT2D eigenvalue weighted by Crippen LogP contribution is -1.99. The van der Waals surface area contributed by atoms with Gasteiger partial charge in [0.2, 0.25) is 0 Å². The van der Waals surface area contributed by atoms with Gasteiger partial charge in [0.05, 0.1) is 10.6 Å². The van der Waals surface area contributed by atoms with Crippen molar-refractivity contribution < 1.29 is 9.90 Å². The smallest absolute Gasteiger partial charge is 0.335 e. The van der Waals surface area contributed by atoms with Crippen molar-refractivity contribution in [2.45, 2.75) is 13.3 Å². The monoisotopic (exact) mass is 233 g/mol. The Balaban J connectivity index is 2.32. The Morgan fingerprint density at radius 3 is 2.94 bits per heavy atom. The zero-order valence-electron chi connectivity index (χ0n) is 8.80. The van der Waals surface area contributed by atoms with Crippen LogP contribution in [0.3, 0.4) is 0 Å². The molecule has 1 heterocycles. The van der Waals surface area contributed by atoms with Gasteiger partial charge in [-0.25, -0.2) is 9.78 Å². The fourth-order valence-electron chi connectivity index (χ4n) is 1.50. The number of carboxylic acids is 1. The second-order valence-corrected chi connectivity index (χ2v) is 4.53. The molecule has 0 saturated heterocycles. The van der Waals surface area contributed by atoms with E-state index in [0.29, 0.717) is 12.0 Å². The molecule has 0 fully saturated rings. The highest BCUT2D eigenvalue weighted by Crippen LogP contribution is 2.17. The largest absolute Gasteiger partial charge is 0.478 e. The van der Waals surface area contributed by atoms with Crippen molar-refractivity contribution in [1.29, 1.82) is 0 Å². The maximum Gasteiger partial charge on any atom is 0.335 e. The molecule has 0 radical (unpaired) electrons. The number of rotatable bonds is 3. The first kappa shape index (κ1) is 10.8. The SMILES string of the molecule is Cc1ccc(C(=O)O)cc1Cc1nccs1. The van der Waals surface area contributed by atoms with Gasteiger partial charge in [0.15, 0.2) is 0 Å². The number of hydrogen-bond acceptors (Lipinski definition) is 3. The minimum atomic E-state index is -0.889. The molecule has 0 atom stereocenters. The zero-order chi connectivity index (χ0) is 11.5. The van der Waals surface area contributed by atoms with Gasteiger partial charge in [0, 0.05) is 18.0 Å². The van der Waals surface area contributed by atoms with Crippen molar-refractivity contribution in [3.05, 3.63) is 51.5 Å². The van der Waals surface area contributed by atoms with Gasteiger partial charge in [-0.1, -0.05) is 6.07 Å². The lowest BCUT2D eigenvalue weighted by molar-refractivity contribution is 0.0697. The first-order valence-corrected chi connectivity index (χ1v) is 5.76. The minimum Gasteiger partial charge on any atom is -0.478 e. The number of carbonyl (C=O) groups is 1. The van der Waals surface area contributed by atoms with Crippen LogP contribution in [0, 0.1) is 6.92 Å². The Hall–Kier alpha value is -1.68. The fraction of sp³-hybridized carbons (Fsp3) is 0.167. The van der Waals surface area contributed by atoms with Crippen LogP contribution in [0.5, 0.6) is 0 Å². The van der Waals surface area contributed by atoms with E-state index in [-0.39, 0.29) is 0 Å². The van der Waals surface area contributed by atoms with Crippen LogP contribution in [0.25, 0.3) is 0 Å². The zero-order valence-corrected chi connectivity index (χ0v) is 9.62. The van der Waals surface area contributed by atoms with Crippen LogP contribution in [0.4, 0.5) is 0 Å². The van der Waals surface area contributed by atoms with Crippen molar-refractivity contribution in [1.82, 2.24) is 4.98 Å². The van der Waals surface area contributed by atoms with Gasteiger partial charge < -0.3 is 5.11 Å². The summed E-state index contributed by atoms with van der Waals surface area (Å²) in [7, 11) is 0. The van der Waals surface area contributed by atoms with Gasteiger partial charge in [-0.2, -0.15) is 0 Å². The molecule has 2 aromatic rings. The topological polar surface area (TPSA) is 50.2 Å². The summed E-state index contributed by atoms with van der Waals surface area (Å²) in [5.41, 5.74) is 2.45. The molecule has 1 aromatic heterocycles. The summed E-state index contributed by atoms with van der Waals surface area (Å²) < 4.78 is 0. The summed E-state index contributed by atoms with van der Waals surface area (Å²) in [6.45, 7) is 1.98. The molecule has 0 amide bonds. The van der Waals surface area contributed by atoms with Gasteiger partial charge in [-0.15, -0.1) is 11.3 Å². The van der Waals surface area contributed by atoms with E-state index in [1.54, 1.807) is 29.7 Å². The average molecular weight is 233 g/mol. The molecule has 1 aromatic carbocycles. The summed E-state index contributed by atoms with van der Waals surface area (Å²) in [6.07, 6.45) is 2.46. The predicted molar refractivity (Wildman–Crippen MR) is 63.1 cm³/mol. The standard InChI is InChI=1S/C12H11NO2S/c1-8-2-3-9(12(14)15)6-10(8)7-11-13-4-5-16-11/h2-6H,7H2,1H3,(H,14,15). The Morgan fingerprint density at radius 2 is 2.31 bits per heavy atom. The Morgan fingerprint density at radius 1 is 1.50 bits per heavy atom. The van der Waals surface area contributed by atoms with Gasteiger partial charge in [-0.3, -0.25) is 0 Å². The number of hydrogen-bond donors (Lipinski definition) is 1. The number of aromatic carboxylic acids is 1. The molecular weight excluding hydrogens is 222 g/mol. The van der Waals surface area contributed by atoms with Crippen LogP contribution < -0.4 is 0 Å². The van der Waals surface area contributed by atoms with Crippen molar-refractivity contribution in [3.63, 3.8) is 0 Å². The number of aromatic nitrogens is 1. The van der Waals surface area contributed by atoms with E-state index in [2.05, 4.69) is 4.98 Å². The molecule has 0 unspecified atom stereocenters. The van der Waals surface area contributed by atoms with E-state index < -0.39 is 5.97 Å². The molecular formula is C12H11NO2S. The molecule has 0 bridgehead atoms. The number of benzene rings is 1. The summed E-state index contributed by atoms with van der Waals surface area (Å²) in [6, 6.07) is 5.19. The summed E-state index contributed by atoms with van der Waals surface area (Å²) in [5, 5.41) is 11.8. The molecule has 1 N–H and O–H groups in total. The third kappa shape index (κ3) is 2.28.